The number of fused-ring (bicyclic) bond motifs is 2. The van der Waals surface area contributed by atoms with Crippen molar-refractivity contribution >= 4 is 34.2 Å². The summed E-state index contributed by atoms with van der Waals surface area (Å²) in [4.78, 5) is 37.8. The van der Waals surface area contributed by atoms with Crippen molar-refractivity contribution in [1.82, 2.24) is 0 Å². The molecule has 0 saturated heterocycles. The number of para-hydroxylation sites is 2. The lowest BCUT2D eigenvalue weighted by Gasteiger charge is -2.29. The summed E-state index contributed by atoms with van der Waals surface area (Å²) in [6, 6.07) is 13.8. The molecule has 0 spiro atoms. The van der Waals surface area contributed by atoms with Crippen molar-refractivity contribution < 1.29 is 18.7 Å². The number of benzene rings is 2. The van der Waals surface area contributed by atoms with E-state index in [-0.39, 0.29) is 25.0 Å². The maximum absolute atomic E-state index is 12.7. The quantitative estimate of drug-likeness (QED) is 0.674. The van der Waals surface area contributed by atoms with Crippen molar-refractivity contribution in [3.05, 3.63) is 64.5 Å². The second-order valence-corrected chi connectivity index (χ2v) is 6.83. The highest BCUT2D eigenvalue weighted by atomic mass is 16.5. The van der Waals surface area contributed by atoms with Crippen molar-refractivity contribution in [3.8, 4) is 5.75 Å². The molecular weight excluding hydrogens is 372 g/mol. The van der Waals surface area contributed by atoms with Crippen LogP contribution in [0, 0.1) is 0 Å². The van der Waals surface area contributed by atoms with E-state index in [9.17, 15) is 14.4 Å². The highest BCUT2D eigenvalue weighted by molar-refractivity contribution is 6.10. The molecule has 2 amide bonds. The lowest BCUT2D eigenvalue weighted by molar-refractivity contribution is -0.123. The molecule has 0 fully saturated rings. The van der Waals surface area contributed by atoms with Gasteiger partial charge in [-0.2, -0.15) is 0 Å². The topological polar surface area (TPSA) is 88.8 Å². The fourth-order valence-electron chi connectivity index (χ4n) is 3.45. The van der Waals surface area contributed by atoms with Crippen LogP contribution in [0.25, 0.3) is 11.0 Å². The summed E-state index contributed by atoms with van der Waals surface area (Å²) in [6.07, 6.45) is 1.69. The van der Waals surface area contributed by atoms with Gasteiger partial charge in [0.1, 0.15) is 17.9 Å². The number of hydrogen-bond donors (Lipinski definition) is 1. The fourth-order valence-corrected chi connectivity index (χ4v) is 3.45. The fraction of sp³-hybridized carbons (Fsp3) is 0.227. The van der Waals surface area contributed by atoms with Crippen LogP contribution in [-0.4, -0.2) is 25.0 Å². The van der Waals surface area contributed by atoms with Gasteiger partial charge >= 0.3 is 5.63 Å². The zero-order valence-corrected chi connectivity index (χ0v) is 15.9. The summed E-state index contributed by atoms with van der Waals surface area (Å²) in [5.74, 6) is -0.182. The Bertz CT molecular complexity index is 1150. The smallest absolute Gasteiger partial charge is 0.336 e. The zero-order chi connectivity index (χ0) is 20.4. The number of rotatable bonds is 5. The van der Waals surface area contributed by atoms with E-state index in [1.54, 1.807) is 36.4 Å². The van der Waals surface area contributed by atoms with Gasteiger partial charge in [0.15, 0.2) is 6.61 Å². The van der Waals surface area contributed by atoms with E-state index in [0.29, 0.717) is 22.7 Å². The number of hydrogen-bond acceptors (Lipinski definition) is 5. The molecule has 4 rings (SSSR count). The Morgan fingerprint density at radius 2 is 2.00 bits per heavy atom. The standard InChI is InChI=1S/C22H20N2O5/c1-2-5-14-10-22(27)29-19-11-15(8-9-16(14)19)28-13-21(26)24-12-20(25)23-17-6-3-4-7-18(17)24/h3-4,6-11H,2,5,12-13H2,1H3,(H,23,25). The molecule has 1 aliphatic heterocycles. The van der Waals surface area contributed by atoms with Crippen LogP contribution in [-0.2, 0) is 16.0 Å². The predicted octanol–water partition coefficient (Wildman–Crippen LogP) is 3.11. The third kappa shape index (κ3) is 3.85. The number of ether oxygens (including phenoxy) is 1. The molecule has 7 heteroatoms. The largest absolute Gasteiger partial charge is 0.484 e. The van der Waals surface area contributed by atoms with Crippen LogP contribution in [0.5, 0.6) is 5.75 Å². The van der Waals surface area contributed by atoms with Crippen molar-refractivity contribution in [1.29, 1.82) is 0 Å². The minimum atomic E-state index is -0.412. The van der Waals surface area contributed by atoms with Crippen LogP contribution in [0.2, 0.25) is 0 Å². The Kier molecular flexibility index (Phi) is 5.03. The molecule has 0 aliphatic carbocycles. The number of amides is 2. The van der Waals surface area contributed by atoms with Crippen LogP contribution >= 0.6 is 0 Å². The molecular formula is C22H20N2O5. The molecule has 2 heterocycles. The van der Waals surface area contributed by atoms with Gasteiger partial charge in [0.05, 0.1) is 11.4 Å². The Balaban J connectivity index is 1.53. The van der Waals surface area contributed by atoms with Gasteiger partial charge in [-0.3, -0.25) is 14.5 Å². The van der Waals surface area contributed by atoms with Crippen LogP contribution in [0.1, 0.15) is 18.9 Å². The summed E-state index contributed by atoms with van der Waals surface area (Å²) < 4.78 is 10.9. The summed E-state index contributed by atoms with van der Waals surface area (Å²) in [5, 5.41) is 3.60. The molecule has 2 aromatic carbocycles. The van der Waals surface area contributed by atoms with E-state index >= 15 is 0 Å². The Labute approximate surface area is 166 Å². The van der Waals surface area contributed by atoms with Crippen LogP contribution < -0.4 is 20.6 Å². The molecule has 1 N–H and O–H groups in total. The molecule has 1 aromatic heterocycles. The van der Waals surface area contributed by atoms with Gasteiger partial charge < -0.3 is 14.5 Å². The van der Waals surface area contributed by atoms with Crippen molar-refractivity contribution in [2.24, 2.45) is 0 Å². The molecule has 0 saturated carbocycles. The summed E-state index contributed by atoms with van der Waals surface area (Å²) >= 11 is 0. The molecule has 0 radical (unpaired) electrons. The number of nitrogens with zero attached hydrogens (tertiary/aromatic N) is 1. The van der Waals surface area contributed by atoms with Gasteiger partial charge in [0.25, 0.3) is 5.91 Å². The molecule has 1 aliphatic rings. The lowest BCUT2D eigenvalue weighted by Crippen LogP contribution is -2.44. The Morgan fingerprint density at radius 1 is 1.17 bits per heavy atom. The summed E-state index contributed by atoms with van der Waals surface area (Å²) in [5.41, 5.74) is 2.17. The SMILES string of the molecule is CCCc1cc(=O)oc2cc(OCC(=O)N3CC(=O)Nc4ccccc43)ccc12. The first kappa shape index (κ1) is 18.7. The highest BCUT2D eigenvalue weighted by Crippen LogP contribution is 2.29. The minimum Gasteiger partial charge on any atom is -0.484 e. The first-order chi connectivity index (χ1) is 14.0. The molecule has 29 heavy (non-hydrogen) atoms. The van der Waals surface area contributed by atoms with Crippen molar-refractivity contribution in [2.45, 2.75) is 19.8 Å². The molecule has 0 unspecified atom stereocenters. The third-order valence-corrected chi connectivity index (χ3v) is 4.76. The minimum absolute atomic E-state index is 0.0633. The molecule has 3 aromatic rings. The third-order valence-electron chi connectivity index (χ3n) is 4.76. The Hall–Kier alpha value is -3.61. The highest BCUT2D eigenvalue weighted by Gasteiger charge is 2.26. The number of carbonyl (C=O) groups is 2. The van der Waals surface area contributed by atoms with E-state index in [1.165, 1.54) is 11.0 Å². The van der Waals surface area contributed by atoms with Crippen LogP contribution in [0.3, 0.4) is 0 Å². The first-order valence-corrected chi connectivity index (χ1v) is 9.44. The summed E-state index contributed by atoms with van der Waals surface area (Å²) in [6.45, 7) is 1.74. The predicted molar refractivity (Wildman–Crippen MR) is 109 cm³/mol. The number of aryl methyl sites for hydroxylation is 1. The monoisotopic (exact) mass is 392 g/mol. The number of carbonyl (C=O) groups excluding carboxylic acids is 2. The molecule has 7 nitrogen and oxygen atoms in total. The molecule has 0 bridgehead atoms. The second-order valence-electron chi connectivity index (χ2n) is 6.83. The van der Waals surface area contributed by atoms with E-state index in [0.717, 1.165) is 23.8 Å². The number of anilines is 2. The van der Waals surface area contributed by atoms with Gasteiger partial charge in [0.2, 0.25) is 5.91 Å². The van der Waals surface area contributed by atoms with Crippen LogP contribution in [0.4, 0.5) is 11.4 Å². The maximum Gasteiger partial charge on any atom is 0.336 e. The summed E-state index contributed by atoms with van der Waals surface area (Å²) in [7, 11) is 0. The van der Waals surface area contributed by atoms with E-state index < -0.39 is 5.63 Å². The van der Waals surface area contributed by atoms with Gasteiger partial charge in [-0.1, -0.05) is 25.5 Å². The van der Waals surface area contributed by atoms with Gasteiger partial charge in [0, 0.05) is 17.5 Å². The maximum atomic E-state index is 12.7. The van der Waals surface area contributed by atoms with Crippen molar-refractivity contribution in [3.63, 3.8) is 0 Å². The average Bonchev–Trinajstić information content (AvgIpc) is 2.71. The lowest BCUT2D eigenvalue weighted by atomic mass is 10.1. The average molecular weight is 392 g/mol. The van der Waals surface area contributed by atoms with Crippen molar-refractivity contribution in [2.75, 3.05) is 23.4 Å². The van der Waals surface area contributed by atoms with Gasteiger partial charge in [-0.05, 0) is 36.2 Å². The Morgan fingerprint density at radius 3 is 2.83 bits per heavy atom. The van der Waals surface area contributed by atoms with E-state index in [2.05, 4.69) is 5.32 Å². The van der Waals surface area contributed by atoms with Gasteiger partial charge in [-0.25, -0.2) is 4.79 Å². The molecule has 0 atom stereocenters. The van der Waals surface area contributed by atoms with Crippen LogP contribution in [0.15, 0.2) is 57.7 Å². The molecule has 148 valence electrons. The number of nitrogens with one attached hydrogen (secondary N) is 1. The first-order valence-electron chi connectivity index (χ1n) is 9.44. The second kappa shape index (κ2) is 7.79. The normalized spacial score (nSPS) is 13.1. The zero-order valence-electron chi connectivity index (χ0n) is 15.9. The van der Waals surface area contributed by atoms with E-state index in [1.807, 2.05) is 13.0 Å². The van der Waals surface area contributed by atoms with Gasteiger partial charge in [-0.15, -0.1) is 0 Å². The van der Waals surface area contributed by atoms with E-state index in [4.69, 9.17) is 9.15 Å².